The normalized spacial score (nSPS) is 18.4. The van der Waals surface area contributed by atoms with Gasteiger partial charge in [0, 0.05) is 76.3 Å². The van der Waals surface area contributed by atoms with Crippen LogP contribution in [0.1, 0.15) is 101 Å². The minimum atomic E-state index is -1.90. The maximum atomic E-state index is 14.9. The van der Waals surface area contributed by atoms with E-state index in [4.69, 9.17) is 28.3 Å². The van der Waals surface area contributed by atoms with Gasteiger partial charge in [-0.05, 0) is 87.7 Å². The maximum absolute atomic E-state index is 14.9. The number of nitrogens with zero attached hydrogens (tertiary/aromatic N) is 8. The number of carboxylic acid groups (broad SMARTS) is 2. The molecule has 42 nitrogen and oxygen atoms in total. The third kappa shape index (κ3) is 31.4. The first-order valence-electron chi connectivity index (χ1n) is 36.3. The number of rotatable bonds is 51. The van der Waals surface area contributed by atoms with Crippen LogP contribution in [0.25, 0.3) is 0 Å². The standard InChI is InChI=1S/C70H99N25O17/c71-20-6-4-11-46(73)59(101)90-50(23-39-9-2-1-3-10-39)63(105)92-51(25-41-29-76-35-82-41)65(107)89-49(18-19-58(99)100)62(104)88-48(12-5-7-21-72)61(103)91-53(27-43-31-78-37-84-43)66(108)93-54(28-44-32-79-38-85-44)67(109)95-56(34-96)68(110)94-52(26-42-30-77-36-83-42)64(106)87-47(13-8-22-80-70(74)75)60(102)81-33-57(98)86-55(69(111)112)24-40-14-16-45(97)17-15-40/h1-3,9-10,14-17,29-32,35-38,41-44,46-56,96-97H,4-8,11-13,18-28,33-34,71-73H2,(H,81,102)(H,86,98)(H,87,106)(H,88,104)(H,89,107)(H,90,101)(H,91,103)(H,92,105)(H,93,108)(H,94,110)(H,95,109)(H,99,100)(H,111,112)(H4,74,75,80). The number of carbonyl (C=O) groups excluding carboxylic acids is 11. The Morgan fingerprint density at radius 1 is 0.420 bits per heavy atom. The number of phenolic OH excluding ortho intramolecular Hbond substituents is 1. The highest BCUT2D eigenvalue weighted by atomic mass is 16.4. The fourth-order valence-electron chi connectivity index (χ4n) is 11.6. The van der Waals surface area contributed by atoms with E-state index in [0.717, 1.165) is 0 Å². The Morgan fingerprint density at radius 3 is 1.21 bits per heavy atom. The Labute approximate surface area is 643 Å². The largest absolute Gasteiger partial charge is 0.508 e. The molecule has 606 valence electrons. The van der Waals surface area contributed by atoms with E-state index in [9.17, 15) is 82.8 Å². The van der Waals surface area contributed by atoms with Crippen LogP contribution >= 0.6 is 0 Å². The van der Waals surface area contributed by atoms with Gasteiger partial charge in [0.2, 0.25) is 65.0 Å². The van der Waals surface area contributed by atoms with Crippen LogP contribution < -0.4 is 86.7 Å². The summed E-state index contributed by atoms with van der Waals surface area (Å²) >= 11 is 0. The number of aliphatic carboxylic acids is 2. The van der Waals surface area contributed by atoms with Crippen LogP contribution in [0, 0.1) is 5.41 Å². The van der Waals surface area contributed by atoms with Crippen LogP contribution in [0.5, 0.6) is 5.75 Å². The van der Waals surface area contributed by atoms with Crippen LogP contribution in [0.3, 0.4) is 0 Å². The molecule has 4 heterocycles. The second-order valence-corrected chi connectivity index (χ2v) is 26.5. The molecule has 0 radical (unpaired) electrons. The Balaban J connectivity index is 1.20. The number of nitrogens with one attached hydrogen (secondary N) is 13. The summed E-state index contributed by atoms with van der Waals surface area (Å²) in [5, 5.41) is 78.0. The van der Waals surface area contributed by atoms with Gasteiger partial charge in [-0.25, -0.2) is 24.8 Å². The molecule has 15 unspecified atom stereocenters. The summed E-state index contributed by atoms with van der Waals surface area (Å²) in [5.41, 5.74) is 24.2. The van der Waals surface area contributed by atoms with E-state index in [-0.39, 0.29) is 89.5 Å². The van der Waals surface area contributed by atoms with Gasteiger partial charge in [0.05, 0.1) is 43.4 Å². The number of carbonyl (C=O) groups is 13. The Hall–Kier alpha value is -12.2. The number of benzene rings is 2. The molecular formula is C70H99N25O17. The Morgan fingerprint density at radius 2 is 0.795 bits per heavy atom. The molecule has 0 aromatic heterocycles. The van der Waals surface area contributed by atoms with Gasteiger partial charge in [-0.1, -0.05) is 48.9 Å². The summed E-state index contributed by atoms with van der Waals surface area (Å²) in [7, 11) is 0. The number of aliphatic hydroxyl groups is 1. The molecule has 112 heavy (non-hydrogen) atoms. The molecule has 4 aliphatic rings. The molecule has 0 spiro atoms. The van der Waals surface area contributed by atoms with Crippen LogP contribution in [0.4, 0.5) is 0 Å². The van der Waals surface area contributed by atoms with E-state index < -0.39 is 199 Å². The summed E-state index contributed by atoms with van der Waals surface area (Å²) in [6.07, 6.45) is 9.04. The van der Waals surface area contributed by atoms with Crippen LogP contribution in [0.2, 0.25) is 0 Å². The Bertz CT molecular complexity index is 3790. The van der Waals surface area contributed by atoms with Crippen molar-refractivity contribution in [3.8, 4) is 5.75 Å². The smallest absolute Gasteiger partial charge is 0.326 e. The molecule has 4 aliphatic heterocycles. The van der Waals surface area contributed by atoms with E-state index in [0.29, 0.717) is 36.9 Å². The molecule has 42 heteroatoms. The molecule has 0 saturated carbocycles. The number of guanidine groups is 1. The Kier molecular flexibility index (Phi) is 37.2. The lowest BCUT2D eigenvalue weighted by Crippen LogP contribution is -2.61. The fourth-order valence-corrected chi connectivity index (χ4v) is 11.6. The molecule has 15 atom stereocenters. The first-order valence-corrected chi connectivity index (χ1v) is 36.3. The number of aliphatic hydroxyl groups excluding tert-OH is 1. The van der Waals surface area contributed by atoms with E-state index in [1.807, 2.05) is 0 Å². The predicted molar refractivity (Wildman–Crippen MR) is 410 cm³/mol. The SMILES string of the molecule is N=C(N)NCCCC(NC(=O)C(CC1C=NC=N1)NC(=O)C(CO)NC(=O)C(CC1C=NC=N1)NC(=O)C(CC1C=NC=N1)NC(=O)C(CCCCN)NC(=O)C(CCC(=O)O)NC(=O)C(CC1C=NC=N1)NC(=O)C(Cc1ccccc1)NC(=O)C(N)CCCCN)C(=O)NCC(=O)NC(Cc1ccc(O)cc1)C(=O)O. The predicted octanol–water partition coefficient (Wildman–Crippen LogP) is -6.58. The van der Waals surface area contributed by atoms with Gasteiger partial charge >= 0.3 is 11.9 Å². The lowest BCUT2D eigenvalue weighted by atomic mass is 10.0. The van der Waals surface area contributed by atoms with E-state index in [1.165, 1.54) is 74.5 Å². The third-order valence-electron chi connectivity index (χ3n) is 17.7. The van der Waals surface area contributed by atoms with Gasteiger partial charge in [0.1, 0.15) is 91.5 Å². The molecule has 25 N–H and O–H groups in total. The number of amides is 11. The second kappa shape index (κ2) is 47.0. The number of aromatic hydroxyl groups is 1. The number of hydrogen-bond acceptors (Lipinski definition) is 27. The zero-order chi connectivity index (χ0) is 81.5. The van der Waals surface area contributed by atoms with Crippen molar-refractivity contribution in [2.75, 3.05) is 32.8 Å². The molecule has 0 bridgehead atoms. The van der Waals surface area contributed by atoms with E-state index >= 15 is 0 Å². The van der Waals surface area contributed by atoms with Gasteiger partial charge in [-0.3, -0.25) is 82.9 Å². The fraction of sp³-hybridized carbons (Fsp3) is 0.514. The van der Waals surface area contributed by atoms with Crippen LogP contribution in [-0.2, 0) is 75.2 Å². The number of unbranched alkanes of at least 4 members (excludes halogenated alkanes) is 2. The molecular weight excluding hydrogens is 1460 g/mol. The number of hydrogen-bond donors (Lipinski definition) is 21. The van der Waals surface area contributed by atoms with E-state index in [2.05, 4.69) is 104 Å². The molecule has 2 aromatic rings. The van der Waals surface area contributed by atoms with Crippen LogP contribution in [-0.4, -0.2) is 277 Å². The van der Waals surface area contributed by atoms with Crippen LogP contribution in [0.15, 0.2) is 94.5 Å². The summed E-state index contributed by atoms with van der Waals surface area (Å²) in [6, 6.07) is -6.08. The minimum Gasteiger partial charge on any atom is -0.508 e. The lowest BCUT2D eigenvalue weighted by Gasteiger charge is -2.29. The van der Waals surface area contributed by atoms with E-state index in [1.54, 1.807) is 30.3 Å². The minimum absolute atomic E-state index is 0.0254. The summed E-state index contributed by atoms with van der Waals surface area (Å²) in [6.45, 7) is -1.39. The van der Waals surface area contributed by atoms with Gasteiger partial charge in [-0.15, -0.1) is 0 Å². The van der Waals surface area contributed by atoms with Crippen molar-refractivity contribution >= 4 is 133 Å². The van der Waals surface area contributed by atoms with Crippen molar-refractivity contribution in [1.82, 2.24) is 63.8 Å². The first-order chi connectivity index (χ1) is 53.7. The molecule has 0 saturated heterocycles. The average molecular weight is 1560 g/mol. The highest BCUT2D eigenvalue weighted by molar-refractivity contribution is 6.00. The number of carboxylic acids is 2. The van der Waals surface area contributed by atoms with Gasteiger partial charge in [0.15, 0.2) is 5.96 Å². The lowest BCUT2D eigenvalue weighted by molar-refractivity contribution is -0.141. The van der Waals surface area contributed by atoms with Crippen molar-refractivity contribution in [2.45, 2.75) is 193 Å². The van der Waals surface area contributed by atoms with Crippen molar-refractivity contribution in [1.29, 1.82) is 5.41 Å². The summed E-state index contributed by atoms with van der Waals surface area (Å²) in [5.74, 6) is -14.1. The van der Waals surface area contributed by atoms with Gasteiger partial charge in [0.25, 0.3) is 0 Å². The zero-order valence-electron chi connectivity index (χ0n) is 61.3. The topological polar surface area (TPSA) is 674 Å². The molecule has 6 rings (SSSR count). The third-order valence-corrected chi connectivity index (χ3v) is 17.7. The van der Waals surface area contributed by atoms with Gasteiger partial charge < -0.3 is 107 Å². The highest BCUT2D eigenvalue weighted by Gasteiger charge is 2.39. The summed E-state index contributed by atoms with van der Waals surface area (Å²) in [4.78, 5) is 214. The zero-order valence-corrected chi connectivity index (χ0v) is 61.3. The molecule has 11 amide bonds. The highest BCUT2D eigenvalue weighted by Crippen LogP contribution is 2.17. The number of aliphatic imine (C=N–C) groups is 8. The maximum Gasteiger partial charge on any atom is 0.326 e. The van der Waals surface area contributed by atoms with Gasteiger partial charge in [-0.2, -0.15) is 0 Å². The molecule has 0 aliphatic carbocycles. The second-order valence-electron chi connectivity index (χ2n) is 26.5. The molecule has 0 fully saturated rings. The average Bonchev–Trinajstić information content (AvgIpc) is 1.26. The first kappa shape index (κ1) is 88.7. The van der Waals surface area contributed by atoms with Crippen molar-refractivity contribution < 1.29 is 82.8 Å². The van der Waals surface area contributed by atoms with Crippen molar-refractivity contribution in [2.24, 2.45) is 62.9 Å². The quantitative estimate of drug-likeness (QED) is 0.0166. The number of nitrogens with two attached hydrogens (primary N) is 4. The summed E-state index contributed by atoms with van der Waals surface area (Å²) < 4.78 is 0. The van der Waals surface area contributed by atoms with Crippen molar-refractivity contribution in [3.63, 3.8) is 0 Å². The monoisotopic (exact) mass is 1560 g/mol. The molecule has 2 aromatic carbocycles. The number of phenols is 1. The van der Waals surface area contributed by atoms with Crippen molar-refractivity contribution in [3.05, 3.63) is 65.7 Å².